The Labute approximate surface area is 211 Å². The molecular formula is C28H22N2O5S. The number of rotatable bonds is 6. The molecule has 0 atom stereocenters. The first-order chi connectivity index (χ1) is 17.7. The Morgan fingerprint density at radius 3 is 2.83 bits per heavy atom. The van der Waals surface area contributed by atoms with E-state index in [1.807, 2.05) is 60.0 Å². The van der Waals surface area contributed by atoms with Crippen molar-refractivity contribution in [2.24, 2.45) is 0 Å². The van der Waals surface area contributed by atoms with Crippen LogP contribution >= 0.6 is 11.3 Å². The lowest BCUT2D eigenvalue weighted by Gasteiger charge is -2.12. The predicted octanol–water partition coefficient (Wildman–Crippen LogP) is 4.99. The lowest BCUT2D eigenvalue weighted by Crippen LogP contribution is -2.28. The Hall–Kier alpha value is -4.17. The Balaban J connectivity index is 1.27. The monoisotopic (exact) mass is 498 g/mol. The molecule has 1 aliphatic carbocycles. The average molecular weight is 499 g/mol. The Morgan fingerprint density at radius 2 is 1.94 bits per heavy atom. The molecule has 0 unspecified atom stereocenters. The fraction of sp³-hybridized carbons (Fsp3) is 0.179. The van der Waals surface area contributed by atoms with Gasteiger partial charge in [0.1, 0.15) is 0 Å². The van der Waals surface area contributed by atoms with Gasteiger partial charge in [-0.15, -0.1) is 11.3 Å². The number of thiophene rings is 1. The summed E-state index contributed by atoms with van der Waals surface area (Å²) in [6.45, 7) is 0.300. The fourth-order valence-electron chi connectivity index (χ4n) is 4.57. The van der Waals surface area contributed by atoms with Gasteiger partial charge in [-0.05, 0) is 65.3 Å². The van der Waals surface area contributed by atoms with Crippen LogP contribution in [0.5, 0.6) is 11.5 Å². The largest absolute Gasteiger partial charge is 0.454 e. The topological polar surface area (TPSA) is 86.8 Å². The van der Waals surface area contributed by atoms with Crippen LogP contribution in [0.3, 0.4) is 0 Å². The van der Waals surface area contributed by atoms with E-state index in [0.717, 1.165) is 50.6 Å². The van der Waals surface area contributed by atoms with Crippen molar-refractivity contribution in [1.29, 1.82) is 0 Å². The minimum atomic E-state index is -0.513. The SMILES string of the molecule is O=C(COC(=O)c1c2c(nc3ccccc13)C(=Cc1ccc3c(c1)OCO3)CC2)NCc1cccs1. The van der Waals surface area contributed by atoms with Crippen LogP contribution in [-0.4, -0.2) is 30.3 Å². The summed E-state index contributed by atoms with van der Waals surface area (Å²) in [6.07, 6.45) is 3.48. The number of para-hydroxylation sites is 1. The molecule has 7 nitrogen and oxygen atoms in total. The number of fused-ring (bicyclic) bond motifs is 3. The molecule has 2 aromatic heterocycles. The highest BCUT2D eigenvalue weighted by molar-refractivity contribution is 7.09. The van der Waals surface area contributed by atoms with Gasteiger partial charge in [0.15, 0.2) is 18.1 Å². The van der Waals surface area contributed by atoms with E-state index in [9.17, 15) is 9.59 Å². The number of amides is 1. The second-order valence-corrected chi connectivity index (χ2v) is 9.58. The van der Waals surface area contributed by atoms with Crippen molar-refractivity contribution in [1.82, 2.24) is 10.3 Å². The summed E-state index contributed by atoms with van der Waals surface area (Å²) >= 11 is 1.56. The van der Waals surface area contributed by atoms with E-state index in [-0.39, 0.29) is 19.3 Å². The maximum absolute atomic E-state index is 13.3. The number of esters is 1. The number of ether oxygens (including phenoxy) is 3. The third-order valence-electron chi connectivity index (χ3n) is 6.26. The van der Waals surface area contributed by atoms with Crippen molar-refractivity contribution in [3.05, 3.63) is 87.2 Å². The minimum absolute atomic E-state index is 0.225. The molecule has 2 aromatic carbocycles. The summed E-state index contributed by atoms with van der Waals surface area (Å²) in [6, 6.07) is 17.2. The summed E-state index contributed by atoms with van der Waals surface area (Å²) in [5, 5.41) is 5.46. The van der Waals surface area contributed by atoms with Gasteiger partial charge in [-0.3, -0.25) is 4.79 Å². The molecule has 0 saturated carbocycles. The van der Waals surface area contributed by atoms with Crippen LogP contribution in [0.25, 0.3) is 22.6 Å². The third kappa shape index (κ3) is 4.31. The number of carbonyl (C=O) groups is 2. The van der Waals surface area contributed by atoms with E-state index >= 15 is 0 Å². The molecule has 1 N–H and O–H groups in total. The third-order valence-corrected chi connectivity index (χ3v) is 7.13. The molecule has 36 heavy (non-hydrogen) atoms. The lowest BCUT2D eigenvalue weighted by atomic mass is 10.0. The zero-order chi connectivity index (χ0) is 24.5. The quantitative estimate of drug-likeness (QED) is 0.377. The van der Waals surface area contributed by atoms with Crippen LogP contribution in [0.15, 0.2) is 60.0 Å². The number of allylic oxidation sites excluding steroid dienone is 1. The molecule has 4 aromatic rings. The average Bonchev–Trinajstić information content (AvgIpc) is 3.66. The van der Waals surface area contributed by atoms with Crippen LogP contribution in [0.1, 0.15) is 38.5 Å². The number of pyridine rings is 1. The van der Waals surface area contributed by atoms with E-state index in [1.165, 1.54) is 0 Å². The Morgan fingerprint density at radius 1 is 1.06 bits per heavy atom. The highest BCUT2D eigenvalue weighted by Crippen LogP contribution is 2.39. The minimum Gasteiger partial charge on any atom is -0.454 e. The summed E-state index contributed by atoms with van der Waals surface area (Å²) in [4.78, 5) is 31.5. The van der Waals surface area contributed by atoms with E-state index in [0.29, 0.717) is 24.0 Å². The molecule has 0 saturated heterocycles. The maximum atomic E-state index is 13.3. The summed E-state index contributed by atoms with van der Waals surface area (Å²) < 4.78 is 16.4. The highest BCUT2D eigenvalue weighted by atomic mass is 32.1. The van der Waals surface area contributed by atoms with Gasteiger partial charge in [0, 0.05) is 10.3 Å². The fourth-order valence-corrected chi connectivity index (χ4v) is 5.21. The van der Waals surface area contributed by atoms with Gasteiger partial charge in [-0.1, -0.05) is 30.3 Å². The van der Waals surface area contributed by atoms with Crippen LogP contribution in [-0.2, 0) is 22.5 Å². The number of benzene rings is 2. The van der Waals surface area contributed by atoms with Crippen LogP contribution < -0.4 is 14.8 Å². The molecule has 0 bridgehead atoms. The standard InChI is InChI=1S/C28H22N2O5S/c31-25(29-14-19-4-3-11-36-19)15-33-28(32)26-20-5-1-2-6-22(20)30-27-18(8-9-21(26)27)12-17-7-10-23-24(13-17)35-16-34-23/h1-7,10-13H,8-9,14-16H2,(H,29,31). The highest BCUT2D eigenvalue weighted by Gasteiger charge is 2.28. The summed E-state index contributed by atoms with van der Waals surface area (Å²) in [7, 11) is 0. The van der Waals surface area contributed by atoms with Crippen molar-refractivity contribution in [3.8, 4) is 11.5 Å². The van der Waals surface area contributed by atoms with Crippen LogP contribution in [0.4, 0.5) is 0 Å². The number of hydrogen-bond acceptors (Lipinski definition) is 7. The van der Waals surface area contributed by atoms with Gasteiger partial charge in [0.25, 0.3) is 5.91 Å². The number of nitrogens with one attached hydrogen (secondary N) is 1. The van der Waals surface area contributed by atoms with E-state index in [2.05, 4.69) is 11.4 Å². The Kier molecular flexibility index (Phi) is 5.87. The lowest BCUT2D eigenvalue weighted by molar-refractivity contribution is -0.124. The normalized spacial score (nSPS) is 14.7. The van der Waals surface area contributed by atoms with Gasteiger partial charge in [-0.2, -0.15) is 0 Å². The molecule has 2 aliphatic rings. The molecule has 0 spiro atoms. The van der Waals surface area contributed by atoms with Crippen LogP contribution in [0.2, 0.25) is 0 Å². The van der Waals surface area contributed by atoms with Crippen molar-refractivity contribution in [3.63, 3.8) is 0 Å². The summed E-state index contributed by atoms with van der Waals surface area (Å²) in [5.41, 5.74) is 4.85. The number of carbonyl (C=O) groups excluding carboxylic acids is 2. The first kappa shape index (κ1) is 22.3. The second kappa shape index (κ2) is 9.47. The van der Waals surface area contributed by atoms with Crippen molar-refractivity contribution in [2.45, 2.75) is 19.4 Å². The van der Waals surface area contributed by atoms with Crippen molar-refractivity contribution >= 4 is 45.8 Å². The molecule has 3 heterocycles. The molecule has 0 radical (unpaired) electrons. The van der Waals surface area contributed by atoms with Gasteiger partial charge in [0.05, 0.1) is 23.3 Å². The molecule has 6 rings (SSSR count). The molecule has 180 valence electrons. The molecule has 0 fully saturated rings. The molecule has 8 heteroatoms. The van der Waals surface area contributed by atoms with Gasteiger partial charge < -0.3 is 19.5 Å². The Bertz CT molecular complexity index is 1510. The van der Waals surface area contributed by atoms with E-state index in [1.54, 1.807) is 11.3 Å². The first-order valence-electron chi connectivity index (χ1n) is 11.6. The predicted molar refractivity (Wildman–Crippen MR) is 137 cm³/mol. The van der Waals surface area contributed by atoms with Crippen molar-refractivity contribution < 1.29 is 23.8 Å². The molecular weight excluding hydrogens is 476 g/mol. The molecule has 1 aliphatic heterocycles. The smallest absolute Gasteiger partial charge is 0.339 e. The number of hydrogen-bond donors (Lipinski definition) is 1. The zero-order valence-electron chi connectivity index (χ0n) is 19.3. The van der Waals surface area contributed by atoms with E-state index in [4.69, 9.17) is 19.2 Å². The zero-order valence-corrected chi connectivity index (χ0v) is 20.1. The molecule has 1 amide bonds. The van der Waals surface area contributed by atoms with E-state index < -0.39 is 5.97 Å². The van der Waals surface area contributed by atoms with Gasteiger partial charge in [0.2, 0.25) is 6.79 Å². The van der Waals surface area contributed by atoms with Gasteiger partial charge >= 0.3 is 5.97 Å². The maximum Gasteiger partial charge on any atom is 0.339 e. The summed E-state index contributed by atoms with van der Waals surface area (Å²) in [5.74, 6) is 0.601. The number of nitrogens with zero attached hydrogens (tertiary/aromatic N) is 1. The first-order valence-corrected chi connectivity index (χ1v) is 12.5. The van der Waals surface area contributed by atoms with Crippen molar-refractivity contribution in [2.75, 3.05) is 13.4 Å². The van der Waals surface area contributed by atoms with Crippen LogP contribution in [0, 0.1) is 0 Å². The van der Waals surface area contributed by atoms with Gasteiger partial charge in [-0.25, -0.2) is 9.78 Å². The second-order valence-electron chi connectivity index (χ2n) is 8.55. The number of aromatic nitrogens is 1.